The minimum atomic E-state index is -0.265. The molecule has 2 fully saturated rings. The van der Waals surface area contributed by atoms with Crippen LogP contribution in [0, 0.1) is 5.92 Å². The quantitative estimate of drug-likeness (QED) is 0.741. The molecule has 3 rings (SSSR count). The molecule has 0 aromatic carbocycles. The van der Waals surface area contributed by atoms with Crippen LogP contribution in [0.1, 0.15) is 12.0 Å². The Bertz CT molecular complexity index is 384. The molecule has 0 amide bonds. The Morgan fingerprint density at radius 2 is 2.47 bits per heavy atom. The lowest BCUT2D eigenvalue weighted by molar-refractivity contribution is 0.153. The van der Waals surface area contributed by atoms with Crippen LogP contribution < -0.4 is 0 Å². The summed E-state index contributed by atoms with van der Waals surface area (Å²) < 4.78 is 0. The molecular weight excluding hydrogens is 188 g/mol. The molecule has 0 radical (unpaired) electrons. The maximum Gasteiger partial charge on any atom is 0.0982 e. The van der Waals surface area contributed by atoms with Crippen LogP contribution in [-0.4, -0.2) is 34.2 Å². The fraction of sp³-hybridized carbons (Fsp3) is 0.417. The topological polar surface area (TPSA) is 36.4 Å². The van der Waals surface area contributed by atoms with Gasteiger partial charge in [0, 0.05) is 37.1 Å². The molecular formula is C12H14N2O. The molecule has 1 N–H and O–H groups in total. The third kappa shape index (κ3) is 1.43. The van der Waals surface area contributed by atoms with Gasteiger partial charge in [0.2, 0.25) is 0 Å². The molecule has 3 nitrogen and oxygen atoms in total. The van der Waals surface area contributed by atoms with Crippen molar-refractivity contribution in [2.24, 2.45) is 5.92 Å². The number of aliphatic hydroxyl groups excluding tert-OH is 1. The molecule has 0 saturated carbocycles. The Hall–Kier alpha value is -1.35. The van der Waals surface area contributed by atoms with Crippen molar-refractivity contribution < 1.29 is 5.11 Å². The third-order valence-corrected chi connectivity index (χ3v) is 3.34. The molecule has 2 unspecified atom stereocenters. The van der Waals surface area contributed by atoms with Crippen molar-refractivity contribution in [3.8, 4) is 0 Å². The van der Waals surface area contributed by atoms with Gasteiger partial charge >= 0.3 is 0 Å². The van der Waals surface area contributed by atoms with E-state index < -0.39 is 0 Å². The first kappa shape index (κ1) is 8.92. The Kier molecular flexibility index (Phi) is 1.99. The summed E-state index contributed by atoms with van der Waals surface area (Å²) >= 11 is 0. The number of fused-ring (bicyclic) bond motifs is 2. The Morgan fingerprint density at radius 1 is 1.53 bits per heavy atom. The molecule has 2 saturated heterocycles. The summed E-state index contributed by atoms with van der Waals surface area (Å²) in [5, 5.41) is 10.0. The standard InChI is InChI=1S/C12H14N2O/c15-12-10-3-5-14(8-10)11(12)6-9-2-1-4-13-7-9/h1-2,4,6-7,10,12,15H,3,5,8H2/b11-6-. The zero-order chi connectivity index (χ0) is 10.3. The fourth-order valence-corrected chi connectivity index (χ4v) is 2.52. The number of rotatable bonds is 1. The molecule has 2 atom stereocenters. The predicted octanol–water partition coefficient (Wildman–Crippen LogP) is 1.12. The number of hydrogen-bond acceptors (Lipinski definition) is 3. The lowest BCUT2D eigenvalue weighted by atomic mass is 9.99. The normalized spacial score (nSPS) is 31.5. The van der Waals surface area contributed by atoms with Crippen molar-refractivity contribution in [1.82, 2.24) is 9.88 Å². The predicted molar refractivity (Wildman–Crippen MR) is 57.9 cm³/mol. The van der Waals surface area contributed by atoms with Gasteiger partial charge in [0.15, 0.2) is 0 Å². The summed E-state index contributed by atoms with van der Waals surface area (Å²) in [5.74, 6) is 0.452. The van der Waals surface area contributed by atoms with Crippen LogP contribution in [0.4, 0.5) is 0 Å². The van der Waals surface area contributed by atoms with Gasteiger partial charge in [-0.2, -0.15) is 0 Å². The smallest absolute Gasteiger partial charge is 0.0982 e. The van der Waals surface area contributed by atoms with Crippen LogP contribution in [0.2, 0.25) is 0 Å². The average molecular weight is 202 g/mol. The van der Waals surface area contributed by atoms with Gasteiger partial charge < -0.3 is 10.0 Å². The summed E-state index contributed by atoms with van der Waals surface area (Å²) in [4.78, 5) is 6.35. The molecule has 1 aromatic rings. The van der Waals surface area contributed by atoms with Crippen molar-refractivity contribution in [2.75, 3.05) is 13.1 Å². The molecule has 3 heteroatoms. The lowest BCUT2D eigenvalue weighted by Crippen LogP contribution is -2.24. The highest BCUT2D eigenvalue weighted by Gasteiger charge is 2.40. The Morgan fingerprint density at radius 3 is 3.13 bits per heavy atom. The number of piperidine rings is 1. The second kappa shape index (κ2) is 3.35. The van der Waals surface area contributed by atoms with E-state index in [4.69, 9.17) is 0 Å². The number of nitrogens with zero attached hydrogens (tertiary/aromatic N) is 2. The molecule has 2 aliphatic rings. The zero-order valence-electron chi connectivity index (χ0n) is 8.50. The highest BCUT2D eigenvalue weighted by Crippen LogP contribution is 2.36. The van der Waals surface area contributed by atoms with Gasteiger partial charge in [-0.3, -0.25) is 4.98 Å². The van der Waals surface area contributed by atoms with Crippen molar-refractivity contribution in [2.45, 2.75) is 12.5 Å². The third-order valence-electron chi connectivity index (χ3n) is 3.34. The minimum Gasteiger partial charge on any atom is -0.387 e. The van der Waals surface area contributed by atoms with Gasteiger partial charge in [0.05, 0.1) is 6.10 Å². The molecule has 78 valence electrons. The van der Waals surface area contributed by atoms with Crippen LogP contribution in [0.3, 0.4) is 0 Å². The van der Waals surface area contributed by atoms with Crippen molar-refractivity contribution in [3.05, 3.63) is 35.8 Å². The summed E-state index contributed by atoms with van der Waals surface area (Å²) in [6.45, 7) is 2.11. The van der Waals surface area contributed by atoms with Gasteiger partial charge in [0.1, 0.15) is 0 Å². The van der Waals surface area contributed by atoms with Gasteiger partial charge in [-0.15, -0.1) is 0 Å². The number of hydrogen-bond donors (Lipinski definition) is 1. The lowest BCUT2D eigenvalue weighted by Gasteiger charge is -2.22. The number of pyridine rings is 1. The Balaban J connectivity index is 1.92. The second-order valence-electron chi connectivity index (χ2n) is 4.30. The van der Waals surface area contributed by atoms with Gasteiger partial charge in [0.25, 0.3) is 0 Å². The number of aromatic nitrogens is 1. The van der Waals surface area contributed by atoms with Crippen LogP contribution in [0.5, 0.6) is 0 Å². The first-order chi connectivity index (χ1) is 7.34. The van der Waals surface area contributed by atoms with E-state index in [1.54, 1.807) is 6.20 Å². The molecule has 3 heterocycles. The Labute approximate surface area is 89.1 Å². The number of aliphatic hydroxyl groups is 1. The fourth-order valence-electron chi connectivity index (χ4n) is 2.52. The average Bonchev–Trinajstić information content (AvgIpc) is 2.84. The first-order valence-electron chi connectivity index (χ1n) is 5.39. The van der Waals surface area contributed by atoms with Crippen LogP contribution >= 0.6 is 0 Å². The maximum absolute atomic E-state index is 10.0. The van der Waals surface area contributed by atoms with Crippen molar-refractivity contribution >= 4 is 6.08 Å². The minimum absolute atomic E-state index is 0.265. The molecule has 2 bridgehead atoms. The highest BCUT2D eigenvalue weighted by atomic mass is 16.3. The van der Waals surface area contributed by atoms with E-state index in [9.17, 15) is 5.11 Å². The van der Waals surface area contributed by atoms with Crippen LogP contribution in [-0.2, 0) is 0 Å². The van der Waals surface area contributed by atoms with E-state index in [0.29, 0.717) is 5.92 Å². The monoisotopic (exact) mass is 202 g/mol. The summed E-state index contributed by atoms with van der Waals surface area (Å²) in [6, 6.07) is 3.93. The molecule has 2 aliphatic heterocycles. The zero-order valence-corrected chi connectivity index (χ0v) is 8.50. The van der Waals surface area contributed by atoms with Crippen LogP contribution in [0.15, 0.2) is 30.2 Å². The van der Waals surface area contributed by atoms with Crippen LogP contribution in [0.25, 0.3) is 6.08 Å². The molecule has 0 spiro atoms. The van der Waals surface area contributed by atoms with Crippen molar-refractivity contribution in [1.29, 1.82) is 0 Å². The molecule has 15 heavy (non-hydrogen) atoms. The van der Waals surface area contributed by atoms with E-state index in [1.807, 2.05) is 18.3 Å². The summed E-state index contributed by atoms with van der Waals surface area (Å²) in [5.41, 5.74) is 2.14. The maximum atomic E-state index is 10.0. The van der Waals surface area contributed by atoms with E-state index in [1.165, 1.54) is 0 Å². The highest BCUT2D eigenvalue weighted by molar-refractivity contribution is 5.53. The first-order valence-corrected chi connectivity index (χ1v) is 5.39. The van der Waals surface area contributed by atoms with Gasteiger partial charge in [-0.05, 0) is 24.1 Å². The van der Waals surface area contributed by atoms with E-state index in [0.717, 1.165) is 30.8 Å². The molecule has 0 aliphatic carbocycles. The van der Waals surface area contributed by atoms with E-state index >= 15 is 0 Å². The largest absolute Gasteiger partial charge is 0.387 e. The van der Waals surface area contributed by atoms with Gasteiger partial charge in [-0.1, -0.05) is 6.07 Å². The second-order valence-corrected chi connectivity index (χ2v) is 4.30. The van der Waals surface area contributed by atoms with Gasteiger partial charge in [-0.25, -0.2) is 0 Å². The van der Waals surface area contributed by atoms with E-state index in [-0.39, 0.29) is 6.10 Å². The van der Waals surface area contributed by atoms with E-state index in [2.05, 4.69) is 16.0 Å². The summed E-state index contributed by atoms with van der Waals surface area (Å²) in [7, 11) is 0. The SMILES string of the molecule is OC1/C(=C/c2cccnc2)N2CCC1C2. The van der Waals surface area contributed by atoms with Crippen molar-refractivity contribution in [3.63, 3.8) is 0 Å². The molecule has 1 aromatic heterocycles. The summed E-state index contributed by atoms with van der Waals surface area (Å²) in [6.07, 6.45) is 6.51.